The molecule has 0 unspecified atom stereocenters. The number of nitriles is 2. The van der Waals surface area contributed by atoms with Crippen LogP contribution in [0.4, 0.5) is 0 Å². The molecule has 0 radical (unpaired) electrons. The fourth-order valence-corrected chi connectivity index (χ4v) is 15.5. The first-order valence-electron chi connectivity index (χ1n) is 27.5. The van der Waals surface area contributed by atoms with Crippen molar-refractivity contribution in [2.75, 3.05) is 0 Å². The summed E-state index contributed by atoms with van der Waals surface area (Å²) in [5.41, 5.74) is 10.7. The molecule has 0 aliphatic heterocycles. The number of hydrogen-bond donors (Lipinski definition) is 0. The normalized spacial score (nSPS) is 12.5. The van der Waals surface area contributed by atoms with E-state index in [-0.39, 0.29) is 0 Å². The molecule has 0 aliphatic carbocycles. The molecule has 0 N–H and O–H groups in total. The van der Waals surface area contributed by atoms with Crippen LogP contribution in [0.15, 0.2) is 231 Å². The van der Waals surface area contributed by atoms with Crippen molar-refractivity contribution in [3.05, 3.63) is 242 Å². The van der Waals surface area contributed by atoms with E-state index in [4.69, 9.17) is 0 Å². The molecule has 0 aliphatic rings. The van der Waals surface area contributed by atoms with E-state index >= 15 is 0 Å². The summed E-state index contributed by atoms with van der Waals surface area (Å²) in [4.78, 5) is 0. The highest BCUT2D eigenvalue weighted by molar-refractivity contribution is 6.54. The van der Waals surface area contributed by atoms with Gasteiger partial charge in [0.1, 0.15) is 0 Å². The van der Waals surface area contributed by atoms with E-state index in [1.807, 2.05) is 24.3 Å². The Labute approximate surface area is 457 Å². The van der Waals surface area contributed by atoms with E-state index in [0.717, 1.165) is 22.3 Å². The molecule has 0 heterocycles. The third-order valence-corrected chi connectivity index (χ3v) is 18.6. The molecule has 19 aromatic rings. The molecule has 2 nitrogen and oxygen atoms in total. The molecule has 2 heteroatoms. The van der Waals surface area contributed by atoms with E-state index in [1.54, 1.807) is 0 Å². The lowest BCUT2D eigenvalue weighted by atomic mass is 9.87. The Kier molecular flexibility index (Phi) is 7.91. The van der Waals surface area contributed by atoms with Crippen LogP contribution in [-0.4, -0.2) is 0 Å². The lowest BCUT2D eigenvalue weighted by Crippen LogP contribution is -1.87. The van der Waals surface area contributed by atoms with Crippen molar-refractivity contribution < 1.29 is 0 Å². The Morgan fingerprint density at radius 1 is 0.175 bits per heavy atom. The summed E-state index contributed by atoms with van der Waals surface area (Å²) in [7, 11) is 0. The SMILES string of the molecule is N#Cc1ccc(-c2cc3c(-c4ccccc4)c4c5ccc6c7ccc8c9c(ccc(c%10ccc(c5c6%10)c4c4c5ccccc5c(c2)c34)c79)c2c(-c3ccccc3)c3cc(-c4ccc(C#N)cc4)cc4c5ccccc5c(c34)c82)cc1. The maximum absolute atomic E-state index is 9.74. The van der Waals surface area contributed by atoms with Gasteiger partial charge >= 0.3 is 0 Å². The first-order chi connectivity index (χ1) is 39.6. The minimum absolute atomic E-state index is 0.658. The number of hydrogen-bond acceptors (Lipinski definition) is 2. The van der Waals surface area contributed by atoms with Gasteiger partial charge < -0.3 is 0 Å². The van der Waals surface area contributed by atoms with Crippen LogP contribution in [0, 0.1) is 22.7 Å². The van der Waals surface area contributed by atoms with Gasteiger partial charge in [0.05, 0.1) is 23.3 Å². The second kappa shape index (κ2) is 15.0. The second-order valence-corrected chi connectivity index (χ2v) is 22.2. The maximum atomic E-state index is 9.74. The Hall–Kier alpha value is -10.9. The monoisotopic (exact) mass is 1000 g/mol. The van der Waals surface area contributed by atoms with E-state index in [2.05, 4.69) is 218 Å². The lowest BCUT2D eigenvalue weighted by Gasteiger charge is -2.15. The predicted octanol–water partition coefficient (Wildman–Crippen LogP) is 21.4. The number of benzene rings is 15. The van der Waals surface area contributed by atoms with E-state index < -0.39 is 0 Å². The Morgan fingerprint density at radius 2 is 0.450 bits per heavy atom. The molecule has 0 bridgehead atoms. The zero-order chi connectivity index (χ0) is 52.2. The Bertz CT molecular complexity index is 5590. The minimum atomic E-state index is 0.658. The van der Waals surface area contributed by atoms with Gasteiger partial charge in [-0.25, -0.2) is 0 Å². The van der Waals surface area contributed by atoms with Gasteiger partial charge in [-0.2, -0.15) is 10.5 Å². The molecule has 0 amide bonds. The van der Waals surface area contributed by atoms with Crippen LogP contribution in [0.25, 0.3) is 195 Å². The highest BCUT2D eigenvalue weighted by Crippen LogP contribution is 2.59. The summed E-state index contributed by atoms with van der Waals surface area (Å²) in [5, 5.41) is 55.6. The number of rotatable bonds is 4. The molecule has 0 saturated carbocycles. The van der Waals surface area contributed by atoms with Crippen LogP contribution in [0.5, 0.6) is 0 Å². The first kappa shape index (κ1) is 42.2. The zero-order valence-electron chi connectivity index (χ0n) is 42.8. The maximum Gasteiger partial charge on any atom is 0.0991 e. The van der Waals surface area contributed by atoms with Gasteiger partial charge in [0, 0.05) is 0 Å². The fraction of sp³-hybridized carbons (Fsp3) is 0. The van der Waals surface area contributed by atoms with Crippen molar-refractivity contribution in [2.45, 2.75) is 0 Å². The van der Waals surface area contributed by atoms with Crippen LogP contribution in [-0.2, 0) is 0 Å². The van der Waals surface area contributed by atoms with E-state index in [0.29, 0.717) is 11.1 Å². The summed E-state index contributed by atoms with van der Waals surface area (Å²) >= 11 is 0. The van der Waals surface area contributed by atoms with Crippen LogP contribution in [0.3, 0.4) is 0 Å². The average Bonchev–Trinajstić information content (AvgIpc) is 4.37. The van der Waals surface area contributed by atoms with Gasteiger partial charge in [-0.05, 0) is 244 Å². The molecule has 0 saturated heterocycles. The molecular weight excluding hydrogens is 965 g/mol. The highest BCUT2D eigenvalue weighted by atomic mass is 14.3. The Morgan fingerprint density at radius 3 is 0.825 bits per heavy atom. The van der Waals surface area contributed by atoms with Crippen LogP contribution in [0.1, 0.15) is 11.1 Å². The molecule has 19 rings (SSSR count). The fourth-order valence-electron chi connectivity index (χ4n) is 15.5. The van der Waals surface area contributed by atoms with Gasteiger partial charge in [-0.15, -0.1) is 0 Å². The zero-order valence-corrected chi connectivity index (χ0v) is 42.8. The summed E-state index contributed by atoms with van der Waals surface area (Å²) < 4.78 is 0. The van der Waals surface area contributed by atoms with Crippen molar-refractivity contribution in [3.8, 4) is 56.6 Å². The molecular formula is C78H38N2. The molecule has 0 fully saturated rings. The smallest absolute Gasteiger partial charge is 0.0991 e. The first-order valence-corrected chi connectivity index (χ1v) is 27.5. The van der Waals surface area contributed by atoms with Crippen molar-refractivity contribution >= 4 is 151 Å². The standard InChI is InChI=1S/C78H38N2/c79-39-41-19-23-43(24-20-41)47-35-61-49-15-7-9-17-51(49)73-71(61)63(37-47)65(45-11-3-1-4-12-45)75-57-31-27-53-56-30-34-60-70-58(32-28-54(68(56)70)55-29-33-59(77(73)75)69(57)67(53)55)76-66(46-13-5-2-6-14-46)64-38-48(44-25-21-42(40-80)22-26-44)36-62-50-16-8-10-18-52(50)74(72(62)64)78(60)76/h1-38H. The number of nitrogens with zero attached hydrogens (tertiary/aromatic N) is 2. The summed E-state index contributed by atoms with van der Waals surface area (Å²) in [5.74, 6) is 0. The second-order valence-electron chi connectivity index (χ2n) is 22.2. The summed E-state index contributed by atoms with van der Waals surface area (Å²) in [6, 6.07) is 90.0. The molecule has 0 aromatic heterocycles. The molecule has 80 heavy (non-hydrogen) atoms. The third-order valence-electron chi connectivity index (χ3n) is 18.6. The minimum Gasteiger partial charge on any atom is -0.192 e. The molecule has 360 valence electrons. The van der Waals surface area contributed by atoms with Crippen molar-refractivity contribution in [2.24, 2.45) is 0 Å². The topological polar surface area (TPSA) is 47.6 Å². The summed E-state index contributed by atoms with van der Waals surface area (Å²) in [6.07, 6.45) is 0. The average molecular weight is 1000 g/mol. The molecule has 0 atom stereocenters. The van der Waals surface area contributed by atoms with Gasteiger partial charge in [0.15, 0.2) is 0 Å². The largest absolute Gasteiger partial charge is 0.192 e. The van der Waals surface area contributed by atoms with Crippen LogP contribution < -0.4 is 0 Å². The highest BCUT2D eigenvalue weighted by Gasteiger charge is 2.30. The third kappa shape index (κ3) is 5.13. The van der Waals surface area contributed by atoms with Crippen molar-refractivity contribution in [1.29, 1.82) is 10.5 Å². The molecule has 19 aromatic carbocycles. The quantitative estimate of drug-likeness (QED) is 0.130. The van der Waals surface area contributed by atoms with Gasteiger partial charge in [0.25, 0.3) is 0 Å². The van der Waals surface area contributed by atoms with E-state index in [9.17, 15) is 10.5 Å². The van der Waals surface area contributed by atoms with Crippen molar-refractivity contribution in [1.82, 2.24) is 0 Å². The van der Waals surface area contributed by atoms with Gasteiger partial charge in [-0.1, -0.05) is 182 Å². The van der Waals surface area contributed by atoms with Gasteiger partial charge in [0.2, 0.25) is 0 Å². The predicted molar refractivity (Wildman–Crippen MR) is 339 cm³/mol. The summed E-state index contributed by atoms with van der Waals surface area (Å²) in [6.45, 7) is 0. The van der Waals surface area contributed by atoms with Crippen LogP contribution in [0.2, 0.25) is 0 Å². The van der Waals surface area contributed by atoms with Crippen LogP contribution >= 0.6 is 0 Å². The van der Waals surface area contributed by atoms with Gasteiger partial charge in [-0.3, -0.25) is 0 Å². The Balaban J connectivity index is 0.969. The lowest BCUT2D eigenvalue weighted by molar-refractivity contribution is 1.48. The molecule has 0 spiro atoms. The van der Waals surface area contributed by atoms with Crippen molar-refractivity contribution in [3.63, 3.8) is 0 Å². The van der Waals surface area contributed by atoms with E-state index in [1.165, 1.54) is 173 Å². The number of fused-ring (bicyclic) bond motifs is 16.